The van der Waals surface area contributed by atoms with Crippen molar-refractivity contribution in [2.75, 3.05) is 6.61 Å². The van der Waals surface area contributed by atoms with Crippen molar-refractivity contribution in [1.82, 2.24) is 0 Å². The van der Waals surface area contributed by atoms with E-state index in [1.54, 1.807) is 6.92 Å². The van der Waals surface area contributed by atoms with Gasteiger partial charge in [0.05, 0.1) is 34.5 Å². The van der Waals surface area contributed by atoms with Crippen LogP contribution in [0.4, 0.5) is 4.39 Å². The molecular formula is C12H8Cl2FO4-. The van der Waals surface area contributed by atoms with Gasteiger partial charge in [0.15, 0.2) is 5.78 Å². The second kappa shape index (κ2) is 6.54. The van der Waals surface area contributed by atoms with Crippen LogP contribution in [0.5, 0.6) is 0 Å². The third-order valence-electron chi connectivity index (χ3n) is 2.09. The maximum absolute atomic E-state index is 13.3. The fourth-order valence-corrected chi connectivity index (χ4v) is 1.67. The summed E-state index contributed by atoms with van der Waals surface area (Å²) >= 11 is 11.2. The highest BCUT2D eigenvalue weighted by atomic mass is 35.5. The SMILES string of the molecule is CCOC=C(C(=O)[O-])C(=O)c1cc(F)c(Cl)cc1Cl. The van der Waals surface area contributed by atoms with Crippen LogP contribution in [0.2, 0.25) is 10.0 Å². The molecule has 0 fully saturated rings. The van der Waals surface area contributed by atoms with Crippen molar-refractivity contribution in [1.29, 1.82) is 0 Å². The molecule has 1 aromatic rings. The van der Waals surface area contributed by atoms with Crippen molar-refractivity contribution in [3.8, 4) is 0 Å². The first kappa shape index (κ1) is 15.5. The van der Waals surface area contributed by atoms with Gasteiger partial charge in [-0.15, -0.1) is 0 Å². The second-order valence-corrected chi connectivity index (χ2v) is 4.16. The van der Waals surface area contributed by atoms with E-state index < -0.39 is 23.1 Å². The van der Waals surface area contributed by atoms with Crippen LogP contribution in [0.25, 0.3) is 0 Å². The third-order valence-corrected chi connectivity index (χ3v) is 2.69. The van der Waals surface area contributed by atoms with Crippen molar-refractivity contribution in [3.63, 3.8) is 0 Å². The summed E-state index contributed by atoms with van der Waals surface area (Å²) in [6, 6.07) is 1.77. The summed E-state index contributed by atoms with van der Waals surface area (Å²) < 4.78 is 18.0. The molecule has 1 rings (SSSR count). The quantitative estimate of drug-likeness (QED) is 0.208. The zero-order valence-electron chi connectivity index (χ0n) is 9.71. The molecule has 0 saturated heterocycles. The molecule has 1 aromatic carbocycles. The van der Waals surface area contributed by atoms with Crippen LogP contribution in [-0.4, -0.2) is 18.4 Å². The first-order valence-corrected chi connectivity index (χ1v) is 5.86. The molecule has 0 radical (unpaired) electrons. The number of Topliss-reactive ketones (excluding diaryl/α,β-unsaturated/α-hetero) is 1. The molecule has 0 aliphatic heterocycles. The van der Waals surface area contributed by atoms with E-state index >= 15 is 0 Å². The highest BCUT2D eigenvalue weighted by Gasteiger charge is 2.19. The molecule has 19 heavy (non-hydrogen) atoms. The lowest BCUT2D eigenvalue weighted by Crippen LogP contribution is -2.29. The van der Waals surface area contributed by atoms with Gasteiger partial charge in [-0.1, -0.05) is 23.2 Å². The lowest BCUT2D eigenvalue weighted by atomic mass is 10.0. The molecule has 102 valence electrons. The van der Waals surface area contributed by atoms with Crippen molar-refractivity contribution in [2.24, 2.45) is 0 Å². The van der Waals surface area contributed by atoms with E-state index in [1.807, 2.05) is 0 Å². The van der Waals surface area contributed by atoms with Crippen molar-refractivity contribution in [2.45, 2.75) is 6.92 Å². The largest absolute Gasteiger partial charge is 0.545 e. The molecule has 0 aliphatic carbocycles. The number of hydrogen-bond acceptors (Lipinski definition) is 4. The predicted octanol–water partition coefficient (Wildman–Crippen LogP) is 1.99. The van der Waals surface area contributed by atoms with Gasteiger partial charge in [0.25, 0.3) is 0 Å². The topological polar surface area (TPSA) is 66.4 Å². The number of rotatable bonds is 5. The Hall–Kier alpha value is -1.59. The van der Waals surface area contributed by atoms with Crippen LogP contribution in [0.1, 0.15) is 17.3 Å². The van der Waals surface area contributed by atoms with E-state index in [9.17, 15) is 19.1 Å². The molecule has 0 atom stereocenters. The van der Waals surface area contributed by atoms with E-state index in [4.69, 9.17) is 27.9 Å². The first-order valence-electron chi connectivity index (χ1n) is 5.10. The highest BCUT2D eigenvalue weighted by Crippen LogP contribution is 2.26. The van der Waals surface area contributed by atoms with E-state index in [-0.39, 0.29) is 22.2 Å². The molecule has 4 nitrogen and oxygen atoms in total. The van der Waals surface area contributed by atoms with Crippen LogP contribution in [0, 0.1) is 5.82 Å². The van der Waals surface area contributed by atoms with E-state index in [1.165, 1.54) is 0 Å². The zero-order valence-corrected chi connectivity index (χ0v) is 11.2. The van der Waals surface area contributed by atoms with E-state index in [0.29, 0.717) is 0 Å². The Bertz CT molecular complexity index is 555. The minimum absolute atomic E-state index is 0.159. The molecule has 0 spiro atoms. The fourth-order valence-electron chi connectivity index (χ4n) is 1.20. The Morgan fingerprint density at radius 1 is 1.37 bits per heavy atom. The van der Waals surface area contributed by atoms with Crippen molar-refractivity contribution in [3.05, 3.63) is 45.4 Å². The standard InChI is InChI=1S/C12H9Cl2FO4/c1-2-19-5-7(12(17)18)11(16)6-3-10(15)9(14)4-8(6)13/h3-5H,2H2,1H3,(H,17,18)/p-1. The van der Waals surface area contributed by atoms with Gasteiger partial charge in [-0.2, -0.15) is 0 Å². The molecule has 0 N–H and O–H groups in total. The summed E-state index contributed by atoms with van der Waals surface area (Å²) in [5.41, 5.74) is -1.09. The number of benzene rings is 1. The van der Waals surface area contributed by atoms with Crippen molar-refractivity contribution >= 4 is 35.0 Å². The van der Waals surface area contributed by atoms with Crippen LogP contribution < -0.4 is 5.11 Å². The fraction of sp³-hybridized carbons (Fsp3) is 0.167. The van der Waals surface area contributed by atoms with Gasteiger partial charge >= 0.3 is 0 Å². The smallest absolute Gasteiger partial charge is 0.199 e. The average Bonchev–Trinajstić information content (AvgIpc) is 2.33. The van der Waals surface area contributed by atoms with Crippen LogP contribution in [0.15, 0.2) is 24.0 Å². The molecule has 0 aromatic heterocycles. The molecule has 0 aliphatic rings. The summed E-state index contributed by atoms with van der Waals surface area (Å²) in [4.78, 5) is 22.8. The molecule has 0 unspecified atom stereocenters. The summed E-state index contributed by atoms with van der Waals surface area (Å²) in [5, 5.41) is 10.4. The van der Waals surface area contributed by atoms with Gasteiger partial charge in [0, 0.05) is 5.56 Å². The molecular weight excluding hydrogens is 298 g/mol. The molecule has 0 saturated carbocycles. The maximum Gasteiger partial charge on any atom is 0.199 e. The highest BCUT2D eigenvalue weighted by molar-refractivity contribution is 6.38. The summed E-state index contributed by atoms with van der Waals surface area (Å²) in [6.07, 6.45) is 0.737. The van der Waals surface area contributed by atoms with Gasteiger partial charge in [0.2, 0.25) is 0 Å². The number of carbonyl (C=O) groups is 2. The Morgan fingerprint density at radius 3 is 2.53 bits per heavy atom. The Labute approximate surface area is 118 Å². The number of carboxylic acid groups (broad SMARTS) is 1. The number of hydrogen-bond donors (Lipinski definition) is 0. The molecule has 7 heteroatoms. The van der Waals surface area contributed by atoms with E-state index in [2.05, 4.69) is 0 Å². The number of carbonyl (C=O) groups excluding carboxylic acids is 2. The number of aliphatic carboxylic acids is 1. The predicted molar refractivity (Wildman–Crippen MR) is 65.5 cm³/mol. The maximum atomic E-state index is 13.3. The van der Waals surface area contributed by atoms with Gasteiger partial charge in [-0.25, -0.2) is 4.39 Å². The summed E-state index contributed by atoms with van der Waals surface area (Å²) in [5.74, 6) is -3.65. The molecule has 0 bridgehead atoms. The monoisotopic (exact) mass is 305 g/mol. The summed E-state index contributed by atoms with van der Waals surface area (Å²) in [6.45, 7) is 1.76. The summed E-state index contributed by atoms with van der Waals surface area (Å²) in [7, 11) is 0. The Balaban J connectivity index is 3.24. The number of carboxylic acids is 1. The van der Waals surface area contributed by atoms with Crippen LogP contribution in [-0.2, 0) is 9.53 Å². The van der Waals surface area contributed by atoms with Gasteiger partial charge in [-0.3, -0.25) is 4.79 Å². The van der Waals surface area contributed by atoms with Crippen molar-refractivity contribution < 1.29 is 23.8 Å². The average molecular weight is 306 g/mol. The first-order chi connectivity index (χ1) is 8.88. The third kappa shape index (κ3) is 3.68. The molecule has 0 heterocycles. The minimum atomic E-state index is -1.75. The Kier molecular flexibility index (Phi) is 5.32. The number of ketones is 1. The lowest BCUT2D eigenvalue weighted by Gasteiger charge is -2.09. The van der Waals surface area contributed by atoms with Crippen LogP contribution >= 0.6 is 23.2 Å². The minimum Gasteiger partial charge on any atom is -0.545 e. The second-order valence-electron chi connectivity index (χ2n) is 3.35. The van der Waals surface area contributed by atoms with Gasteiger partial charge in [-0.05, 0) is 19.1 Å². The molecule has 0 amide bonds. The lowest BCUT2D eigenvalue weighted by molar-refractivity contribution is -0.298. The normalized spacial score (nSPS) is 11.3. The van der Waals surface area contributed by atoms with Gasteiger partial charge in [0.1, 0.15) is 5.82 Å². The van der Waals surface area contributed by atoms with Crippen LogP contribution in [0.3, 0.4) is 0 Å². The van der Waals surface area contributed by atoms with E-state index in [0.717, 1.165) is 18.4 Å². The Morgan fingerprint density at radius 2 is 2.00 bits per heavy atom. The van der Waals surface area contributed by atoms with Gasteiger partial charge < -0.3 is 14.6 Å². The number of halogens is 3. The zero-order chi connectivity index (χ0) is 14.6. The number of ether oxygens (including phenoxy) is 1.